The minimum absolute atomic E-state index is 0.205. The minimum Gasteiger partial charge on any atom is -0.462 e. The van der Waals surface area contributed by atoms with Crippen molar-refractivity contribution < 1.29 is 14.3 Å². The van der Waals surface area contributed by atoms with Crippen molar-refractivity contribution in [1.82, 2.24) is 19.5 Å². The van der Waals surface area contributed by atoms with Crippen LogP contribution in [0.2, 0.25) is 0 Å². The maximum absolute atomic E-state index is 12.7. The van der Waals surface area contributed by atoms with Gasteiger partial charge in [-0.3, -0.25) is 14.1 Å². The molecule has 8 nitrogen and oxygen atoms in total. The van der Waals surface area contributed by atoms with E-state index in [2.05, 4.69) is 15.5 Å². The molecular weight excluding hydrogens is 378 g/mol. The zero-order valence-corrected chi connectivity index (χ0v) is 17.1. The lowest BCUT2D eigenvalue weighted by molar-refractivity contribution is -0.120. The number of anilines is 1. The Morgan fingerprint density at radius 2 is 2.14 bits per heavy atom. The average Bonchev–Trinajstić information content (AvgIpc) is 3.24. The summed E-state index contributed by atoms with van der Waals surface area (Å²) in [5.41, 5.74) is 1.15. The average molecular weight is 401 g/mol. The van der Waals surface area contributed by atoms with E-state index in [4.69, 9.17) is 4.74 Å². The van der Waals surface area contributed by atoms with Gasteiger partial charge in [0.15, 0.2) is 11.5 Å². The molecule has 9 heteroatoms. The first kappa shape index (κ1) is 20.0. The van der Waals surface area contributed by atoms with E-state index in [-0.39, 0.29) is 12.5 Å². The number of thiophene rings is 1. The van der Waals surface area contributed by atoms with Crippen LogP contribution in [-0.4, -0.2) is 51.1 Å². The van der Waals surface area contributed by atoms with Crippen molar-refractivity contribution in [3.63, 3.8) is 0 Å². The third kappa shape index (κ3) is 4.20. The molecule has 0 aliphatic rings. The smallest absolute Gasteiger partial charge is 0.341 e. The second-order valence-corrected chi connectivity index (χ2v) is 7.70. The minimum atomic E-state index is -0.437. The lowest BCUT2D eigenvalue weighted by Crippen LogP contribution is -2.39. The fourth-order valence-electron chi connectivity index (χ4n) is 2.74. The Morgan fingerprint density at radius 3 is 2.89 bits per heavy atom. The Balaban J connectivity index is 1.70. The molecule has 1 unspecified atom stereocenters. The number of pyridine rings is 1. The van der Waals surface area contributed by atoms with Gasteiger partial charge in [0.05, 0.1) is 24.8 Å². The number of rotatable bonds is 7. The lowest BCUT2D eigenvalue weighted by Gasteiger charge is -2.23. The number of hydrogen-bond donors (Lipinski definition) is 1. The van der Waals surface area contributed by atoms with Gasteiger partial charge >= 0.3 is 5.97 Å². The molecule has 0 aliphatic heterocycles. The maximum atomic E-state index is 12.7. The molecule has 0 aliphatic carbocycles. The molecule has 0 saturated heterocycles. The van der Waals surface area contributed by atoms with Gasteiger partial charge in [-0.2, -0.15) is 0 Å². The third-order valence-corrected chi connectivity index (χ3v) is 5.37. The Bertz CT molecular complexity index is 997. The number of carbonyl (C=O) groups is 2. The number of amides is 1. The number of aryl methyl sites for hydroxylation is 1. The van der Waals surface area contributed by atoms with E-state index in [0.717, 1.165) is 16.3 Å². The van der Waals surface area contributed by atoms with Crippen molar-refractivity contribution in [3.05, 3.63) is 46.7 Å². The van der Waals surface area contributed by atoms with Gasteiger partial charge in [0.25, 0.3) is 0 Å². The lowest BCUT2D eigenvalue weighted by atomic mass is 10.2. The molecule has 1 amide bonds. The summed E-state index contributed by atoms with van der Waals surface area (Å²) < 4.78 is 6.96. The summed E-state index contributed by atoms with van der Waals surface area (Å²) in [4.78, 5) is 27.7. The molecular formula is C19H23N5O3S. The fraction of sp³-hybridized carbons (Fsp3) is 0.368. The molecule has 0 saturated carbocycles. The van der Waals surface area contributed by atoms with Crippen LogP contribution in [0.25, 0.3) is 5.65 Å². The van der Waals surface area contributed by atoms with Crippen molar-refractivity contribution in [2.24, 2.45) is 0 Å². The van der Waals surface area contributed by atoms with Gasteiger partial charge in [0.1, 0.15) is 5.00 Å². The summed E-state index contributed by atoms with van der Waals surface area (Å²) in [6, 6.07) is 6.98. The summed E-state index contributed by atoms with van der Waals surface area (Å²) in [7, 11) is 1.85. The predicted molar refractivity (Wildman–Crippen MR) is 108 cm³/mol. The van der Waals surface area contributed by atoms with Crippen LogP contribution < -0.4 is 5.32 Å². The van der Waals surface area contributed by atoms with Crippen molar-refractivity contribution in [2.45, 2.75) is 33.4 Å². The van der Waals surface area contributed by atoms with Crippen molar-refractivity contribution in [1.29, 1.82) is 0 Å². The van der Waals surface area contributed by atoms with Gasteiger partial charge in [-0.05, 0) is 46.0 Å². The second-order valence-electron chi connectivity index (χ2n) is 6.45. The van der Waals surface area contributed by atoms with Gasteiger partial charge < -0.3 is 10.1 Å². The van der Waals surface area contributed by atoms with Crippen LogP contribution in [0.15, 0.2) is 30.5 Å². The number of nitrogens with one attached hydrogen (secondary N) is 1. The van der Waals surface area contributed by atoms with E-state index in [1.807, 2.05) is 54.6 Å². The number of nitrogens with zero attached hydrogens (tertiary/aromatic N) is 4. The Labute approximate surface area is 167 Å². The Kier molecular flexibility index (Phi) is 6.05. The first-order chi connectivity index (χ1) is 13.4. The molecule has 28 heavy (non-hydrogen) atoms. The number of fused-ring (bicyclic) bond motifs is 1. The number of likely N-dealkylation sites (N-methyl/N-ethyl adjacent to an activating group) is 1. The summed E-state index contributed by atoms with van der Waals surface area (Å²) in [5.74, 6) is 0.110. The largest absolute Gasteiger partial charge is 0.462 e. The highest BCUT2D eigenvalue weighted by molar-refractivity contribution is 7.16. The standard InChI is InChI=1S/C19H23N5O3S/c1-5-27-19(26)14-10-12(2)28-18(14)20-17(25)13(3)23(4)11-16-22-21-15-8-6-7-9-24(15)16/h6-10,13H,5,11H2,1-4H3,(H,20,25). The quantitative estimate of drug-likeness (QED) is 0.613. The molecule has 3 heterocycles. The van der Waals surface area contributed by atoms with Crippen LogP contribution in [0.4, 0.5) is 5.00 Å². The van der Waals surface area contributed by atoms with Gasteiger partial charge in [-0.15, -0.1) is 21.5 Å². The van der Waals surface area contributed by atoms with E-state index < -0.39 is 12.0 Å². The number of hydrogen-bond acceptors (Lipinski definition) is 7. The van der Waals surface area contributed by atoms with Gasteiger partial charge in [-0.1, -0.05) is 6.07 Å². The molecule has 1 atom stereocenters. The molecule has 3 aromatic heterocycles. The maximum Gasteiger partial charge on any atom is 0.341 e. The number of esters is 1. The molecule has 148 valence electrons. The number of ether oxygens (including phenoxy) is 1. The molecule has 0 spiro atoms. The second kappa shape index (κ2) is 8.49. The first-order valence-electron chi connectivity index (χ1n) is 8.98. The van der Waals surface area contributed by atoms with Crippen LogP contribution in [-0.2, 0) is 16.1 Å². The van der Waals surface area contributed by atoms with E-state index >= 15 is 0 Å². The molecule has 3 rings (SSSR count). The third-order valence-electron chi connectivity index (χ3n) is 4.40. The molecule has 0 bridgehead atoms. The highest BCUT2D eigenvalue weighted by Crippen LogP contribution is 2.28. The van der Waals surface area contributed by atoms with Crippen molar-refractivity contribution in [2.75, 3.05) is 19.0 Å². The Morgan fingerprint density at radius 1 is 1.36 bits per heavy atom. The molecule has 1 N–H and O–H groups in total. The summed E-state index contributed by atoms with van der Waals surface area (Å²) in [5, 5.41) is 11.7. The normalized spacial score (nSPS) is 12.3. The van der Waals surface area contributed by atoms with Crippen LogP contribution in [0.5, 0.6) is 0 Å². The van der Waals surface area contributed by atoms with Crippen LogP contribution in [0, 0.1) is 6.92 Å². The van der Waals surface area contributed by atoms with Crippen LogP contribution >= 0.6 is 11.3 Å². The van der Waals surface area contributed by atoms with Gasteiger partial charge in [0.2, 0.25) is 5.91 Å². The zero-order valence-electron chi connectivity index (χ0n) is 16.3. The summed E-state index contributed by atoms with van der Waals surface area (Å²) in [6.45, 7) is 6.18. The topological polar surface area (TPSA) is 88.8 Å². The fourth-order valence-corrected chi connectivity index (χ4v) is 3.65. The first-order valence-corrected chi connectivity index (χ1v) is 9.79. The Hall–Kier alpha value is -2.78. The highest BCUT2D eigenvalue weighted by atomic mass is 32.1. The molecule has 0 fully saturated rings. The summed E-state index contributed by atoms with van der Waals surface area (Å²) in [6.07, 6.45) is 1.89. The molecule has 3 aromatic rings. The van der Waals surface area contributed by atoms with E-state index in [1.54, 1.807) is 13.0 Å². The molecule has 0 radical (unpaired) electrons. The number of aromatic nitrogens is 3. The summed E-state index contributed by atoms with van der Waals surface area (Å²) >= 11 is 1.36. The van der Waals surface area contributed by atoms with Gasteiger partial charge in [-0.25, -0.2) is 4.79 Å². The number of carbonyl (C=O) groups excluding carboxylic acids is 2. The van der Waals surface area contributed by atoms with Crippen molar-refractivity contribution in [3.8, 4) is 0 Å². The van der Waals surface area contributed by atoms with Gasteiger partial charge in [0, 0.05) is 11.1 Å². The van der Waals surface area contributed by atoms with E-state index in [1.165, 1.54) is 11.3 Å². The van der Waals surface area contributed by atoms with Crippen LogP contribution in [0.1, 0.15) is 34.9 Å². The van der Waals surface area contributed by atoms with E-state index in [0.29, 0.717) is 17.1 Å². The highest BCUT2D eigenvalue weighted by Gasteiger charge is 2.23. The SMILES string of the molecule is CCOC(=O)c1cc(C)sc1NC(=O)C(C)N(C)Cc1nnc2ccccn12. The molecule has 0 aromatic carbocycles. The monoisotopic (exact) mass is 401 g/mol. The van der Waals surface area contributed by atoms with Crippen LogP contribution in [0.3, 0.4) is 0 Å². The van der Waals surface area contributed by atoms with Crippen molar-refractivity contribution >= 4 is 33.9 Å². The predicted octanol–water partition coefficient (Wildman–Crippen LogP) is 2.73. The van der Waals surface area contributed by atoms with E-state index in [9.17, 15) is 9.59 Å². The zero-order chi connectivity index (χ0) is 20.3.